The summed E-state index contributed by atoms with van der Waals surface area (Å²) in [7, 11) is 0. The Morgan fingerprint density at radius 1 is 1.26 bits per heavy atom. The lowest BCUT2D eigenvalue weighted by Crippen LogP contribution is -2.30. The van der Waals surface area contributed by atoms with Crippen LogP contribution in [0.25, 0.3) is 0 Å². The van der Waals surface area contributed by atoms with Crippen molar-refractivity contribution in [2.75, 3.05) is 5.32 Å². The van der Waals surface area contributed by atoms with E-state index in [4.69, 9.17) is 11.6 Å². The largest absolute Gasteiger partial charge is 0.354 e. The summed E-state index contributed by atoms with van der Waals surface area (Å²) in [5.41, 5.74) is 0.598. The minimum Gasteiger partial charge on any atom is -0.354 e. The van der Waals surface area contributed by atoms with Gasteiger partial charge in [0.15, 0.2) is 0 Å². The van der Waals surface area contributed by atoms with E-state index in [2.05, 4.69) is 15.6 Å². The summed E-state index contributed by atoms with van der Waals surface area (Å²) in [6, 6.07) is 3.41. The second kappa shape index (κ2) is 7.74. The van der Waals surface area contributed by atoms with Crippen LogP contribution in [0.5, 0.6) is 0 Å². The van der Waals surface area contributed by atoms with E-state index in [1.807, 2.05) is 13.8 Å². The minimum atomic E-state index is -0.138. The van der Waals surface area contributed by atoms with E-state index in [1.165, 1.54) is 6.20 Å². The van der Waals surface area contributed by atoms with Crippen LogP contribution in [0.4, 0.5) is 5.69 Å². The van der Waals surface area contributed by atoms with Crippen molar-refractivity contribution in [1.82, 2.24) is 10.3 Å². The molecule has 1 heterocycles. The molecule has 0 aliphatic rings. The van der Waals surface area contributed by atoms with Crippen molar-refractivity contribution in [3.8, 4) is 0 Å². The first-order valence-electron chi connectivity index (χ1n) is 6.18. The third-order valence-electron chi connectivity index (χ3n) is 2.27. The van der Waals surface area contributed by atoms with Crippen LogP contribution in [0.15, 0.2) is 18.3 Å². The Labute approximate surface area is 117 Å². The van der Waals surface area contributed by atoms with Crippen LogP contribution >= 0.6 is 11.6 Å². The zero-order valence-electron chi connectivity index (χ0n) is 11.1. The average molecular weight is 284 g/mol. The number of anilines is 1. The molecule has 0 aliphatic carbocycles. The van der Waals surface area contributed by atoms with E-state index in [9.17, 15) is 9.59 Å². The highest BCUT2D eigenvalue weighted by molar-refractivity contribution is 6.29. The summed E-state index contributed by atoms with van der Waals surface area (Å²) >= 11 is 5.64. The Morgan fingerprint density at radius 2 is 1.95 bits per heavy atom. The van der Waals surface area contributed by atoms with Crippen LogP contribution in [0.2, 0.25) is 5.15 Å². The second-order valence-electron chi connectivity index (χ2n) is 4.49. The van der Waals surface area contributed by atoms with Gasteiger partial charge in [-0.25, -0.2) is 4.98 Å². The van der Waals surface area contributed by atoms with E-state index in [1.54, 1.807) is 12.1 Å². The highest BCUT2D eigenvalue weighted by Gasteiger charge is 2.06. The van der Waals surface area contributed by atoms with Crippen molar-refractivity contribution < 1.29 is 9.59 Å². The molecule has 0 radical (unpaired) electrons. The van der Waals surface area contributed by atoms with Gasteiger partial charge in [-0.05, 0) is 32.4 Å². The SMILES string of the molecule is CC(C)NC(=O)CCCC(=O)Nc1ccc(Cl)nc1. The molecule has 0 saturated carbocycles. The second-order valence-corrected chi connectivity index (χ2v) is 4.88. The summed E-state index contributed by atoms with van der Waals surface area (Å²) in [4.78, 5) is 26.8. The molecular formula is C13H18ClN3O2. The molecule has 0 spiro atoms. The standard InChI is InChI=1S/C13H18ClN3O2/c1-9(2)16-12(18)4-3-5-13(19)17-10-6-7-11(14)15-8-10/h6-9H,3-5H2,1-2H3,(H,16,18)(H,17,19). The van der Waals surface area contributed by atoms with Crippen molar-refractivity contribution in [3.05, 3.63) is 23.5 Å². The molecule has 1 rings (SSSR count). The Balaban J connectivity index is 2.25. The molecule has 19 heavy (non-hydrogen) atoms. The number of nitrogens with zero attached hydrogens (tertiary/aromatic N) is 1. The van der Waals surface area contributed by atoms with Gasteiger partial charge in [0.1, 0.15) is 5.15 Å². The van der Waals surface area contributed by atoms with Gasteiger partial charge in [0.05, 0.1) is 11.9 Å². The summed E-state index contributed by atoms with van der Waals surface area (Å²) in [6.45, 7) is 3.80. The number of hydrogen-bond donors (Lipinski definition) is 2. The molecule has 0 atom stereocenters. The number of hydrogen-bond acceptors (Lipinski definition) is 3. The van der Waals surface area contributed by atoms with E-state index in [-0.39, 0.29) is 17.9 Å². The average Bonchev–Trinajstić information content (AvgIpc) is 2.31. The minimum absolute atomic E-state index is 0.0315. The number of carbonyl (C=O) groups is 2. The van der Waals surface area contributed by atoms with Gasteiger partial charge in [-0.3, -0.25) is 9.59 Å². The summed E-state index contributed by atoms with van der Waals surface area (Å²) in [6.07, 6.45) is 2.66. The van der Waals surface area contributed by atoms with Gasteiger partial charge < -0.3 is 10.6 Å². The maximum absolute atomic E-state index is 11.6. The number of carbonyl (C=O) groups excluding carboxylic acids is 2. The third kappa shape index (κ3) is 6.76. The van der Waals surface area contributed by atoms with E-state index < -0.39 is 0 Å². The molecule has 2 amide bonds. The Morgan fingerprint density at radius 3 is 2.53 bits per heavy atom. The van der Waals surface area contributed by atoms with Gasteiger partial charge in [0.2, 0.25) is 11.8 Å². The maximum atomic E-state index is 11.6. The van der Waals surface area contributed by atoms with Crippen molar-refractivity contribution in [3.63, 3.8) is 0 Å². The number of pyridine rings is 1. The monoisotopic (exact) mass is 283 g/mol. The fourth-order valence-electron chi connectivity index (χ4n) is 1.48. The van der Waals surface area contributed by atoms with Gasteiger partial charge in [-0.2, -0.15) is 0 Å². The lowest BCUT2D eigenvalue weighted by atomic mass is 10.2. The van der Waals surface area contributed by atoms with Crippen LogP contribution in [0, 0.1) is 0 Å². The topological polar surface area (TPSA) is 71.1 Å². The molecule has 1 aromatic heterocycles. The molecule has 0 fully saturated rings. The molecule has 0 aromatic carbocycles. The number of nitrogens with one attached hydrogen (secondary N) is 2. The molecule has 1 aromatic rings. The number of halogens is 1. The number of aromatic nitrogens is 1. The van der Waals surface area contributed by atoms with Gasteiger partial charge in [0, 0.05) is 18.9 Å². The van der Waals surface area contributed by atoms with E-state index in [0.29, 0.717) is 30.1 Å². The van der Waals surface area contributed by atoms with Crippen LogP contribution in [-0.4, -0.2) is 22.8 Å². The normalized spacial score (nSPS) is 10.3. The summed E-state index contributed by atoms with van der Waals surface area (Å²) < 4.78 is 0. The van der Waals surface area contributed by atoms with E-state index >= 15 is 0 Å². The van der Waals surface area contributed by atoms with E-state index in [0.717, 1.165) is 0 Å². The fourth-order valence-corrected chi connectivity index (χ4v) is 1.59. The first-order valence-corrected chi connectivity index (χ1v) is 6.56. The quantitative estimate of drug-likeness (QED) is 0.788. The molecule has 0 saturated heterocycles. The zero-order chi connectivity index (χ0) is 14.3. The van der Waals surface area contributed by atoms with Gasteiger partial charge in [0.25, 0.3) is 0 Å². The predicted molar refractivity (Wildman–Crippen MR) is 75.0 cm³/mol. The Bertz CT molecular complexity index is 432. The van der Waals surface area contributed by atoms with Crippen molar-refractivity contribution in [2.24, 2.45) is 0 Å². The summed E-state index contributed by atoms with van der Waals surface area (Å²) in [5.74, 6) is -0.169. The first kappa shape index (κ1) is 15.4. The third-order valence-corrected chi connectivity index (χ3v) is 2.49. The molecule has 5 nitrogen and oxygen atoms in total. The van der Waals surface area contributed by atoms with Crippen LogP contribution in [-0.2, 0) is 9.59 Å². The molecule has 6 heteroatoms. The fraction of sp³-hybridized carbons (Fsp3) is 0.462. The lowest BCUT2D eigenvalue weighted by molar-refractivity contribution is -0.121. The molecule has 2 N–H and O–H groups in total. The molecule has 0 aliphatic heterocycles. The van der Waals surface area contributed by atoms with Crippen LogP contribution in [0.1, 0.15) is 33.1 Å². The molecular weight excluding hydrogens is 266 g/mol. The van der Waals surface area contributed by atoms with Crippen LogP contribution in [0.3, 0.4) is 0 Å². The Hall–Kier alpha value is -1.62. The Kier molecular flexibility index (Phi) is 6.29. The van der Waals surface area contributed by atoms with Gasteiger partial charge >= 0.3 is 0 Å². The van der Waals surface area contributed by atoms with Gasteiger partial charge in [-0.1, -0.05) is 11.6 Å². The predicted octanol–water partition coefficient (Wildman–Crippen LogP) is 2.37. The molecule has 0 unspecified atom stereocenters. The van der Waals surface area contributed by atoms with Crippen LogP contribution < -0.4 is 10.6 Å². The first-order chi connectivity index (χ1) is 8.97. The molecule has 0 bridgehead atoms. The zero-order valence-corrected chi connectivity index (χ0v) is 11.8. The number of rotatable bonds is 6. The van der Waals surface area contributed by atoms with Crippen molar-refractivity contribution in [1.29, 1.82) is 0 Å². The van der Waals surface area contributed by atoms with Crippen molar-refractivity contribution >= 4 is 29.1 Å². The van der Waals surface area contributed by atoms with Crippen molar-refractivity contribution in [2.45, 2.75) is 39.2 Å². The highest BCUT2D eigenvalue weighted by atomic mass is 35.5. The smallest absolute Gasteiger partial charge is 0.224 e. The summed E-state index contributed by atoms with van der Waals surface area (Å²) in [5, 5.41) is 5.85. The highest BCUT2D eigenvalue weighted by Crippen LogP contribution is 2.10. The lowest BCUT2D eigenvalue weighted by Gasteiger charge is -2.08. The van der Waals surface area contributed by atoms with Gasteiger partial charge in [-0.15, -0.1) is 0 Å². The number of amides is 2. The molecule has 104 valence electrons. The maximum Gasteiger partial charge on any atom is 0.224 e.